The number of nitrogens with one attached hydrogen (secondary N) is 2. The van der Waals surface area contributed by atoms with Gasteiger partial charge in [0.05, 0.1) is 7.11 Å². The Hall–Kier alpha value is -3.41. The number of hydrogen-bond donors (Lipinski definition) is 2. The zero-order valence-corrected chi connectivity index (χ0v) is 14.0. The molecular weight excluding hydrogens is 316 g/mol. The fraction of sp³-hybridized carbons (Fsp3) is 0.105. The van der Waals surface area contributed by atoms with Gasteiger partial charge < -0.3 is 15.4 Å². The lowest BCUT2D eigenvalue weighted by Crippen LogP contribution is -2.13. The van der Waals surface area contributed by atoms with Gasteiger partial charge in [-0.25, -0.2) is 0 Å². The molecule has 0 spiro atoms. The van der Waals surface area contributed by atoms with Gasteiger partial charge in [0.15, 0.2) is 11.6 Å². The topological polar surface area (TPSA) is 76.1 Å². The normalized spacial score (nSPS) is 10.2. The number of anilines is 3. The van der Waals surface area contributed by atoms with Crippen molar-refractivity contribution in [1.29, 1.82) is 0 Å². The van der Waals surface area contributed by atoms with Gasteiger partial charge in [0, 0.05) is 11.3 Å². The average molecular weight is 334 g/mol. The highest BCUT2D eigenvalue weighted by Crippen LogP contribution is 2.19. The van der Waals surface area contributed by atoms with Crippen LogP contribution in [0.4, 0.5) is 17.3 Å². The third-order valence-corrected chi connectivity index (χ3v) is 3.55. The summed E-state index contributed by atoms with van der Waals surface area (Å²) in [6.45, 7) is 1.94. The molecule has 0 aliphatic carbocycles. The van der Waals surface area contributed by atoms with Crippen molar-refractivity contribution in [2.75, 3.05) is 17.7 Å². The Morgan fingerprint density at radius 3 is 2.32 bits per heavy atom. The van der Waals surface area contributed by atoms with E-state index in [0.29, 0.717) is 17.2 Å². The molecule has 3 aromatic rings. The van der Waals surface area contributed by atoms with Crippen LogP contribution in [0.3, 0.4) is 0 Å². The zero-order valence-electron chi connectivity index (χ0n) is 14.0. The molecule has 6 nitrogen and oxygen atoms in total. The number of aromatic nitrogens is 2. The van der Waals surface area contributed by atoms with Gasteiger partial charge in [-0.3, -0.25) is 4.79 Å². The Morgan fingerprint density at radius 2 is 1.68 bits per heavy atom. The number of carbonyl (C=O) groups excluding carboxylic acids is 1. The van der Waals surface area contributed by atoms with Gasteiger partial charge in [-0.1, -0.05) is 17.7 Å². The Bertz CT molecular complexity index is 861. The molecule has 1 heterocycles. The number of rotatable bonds is 5. The van der Waals surface area contributed by atoms with Gasteiger partial charge in [0.2, 0.25) is 0 Å². The highest BCUT2D eigenvalue weighted by molar-refractivity contribution is 6.03. The van der Waals surface area contributed by atoms with Gasteiger partial charge in [0.25, 0.3) is 5.91 Å². The van der Waals surface area contributed by atoms with Crippen molar-refractivity contribution in [2.45, 2.75) is 6.92 Å². The quantitative estimate of drug-likeness (QED) is 0.742. The third kappa shape index (κ3) is 4.32. The third-order valence-electron chi connectivity index (χ3n) is 3.55. The molecule has 6 heteroatoms. The van der Waals surface area contributed by atoms with Crippen LogP contribution >= 0.6 is 0 Å². The van der Waals surface area contributed by atoms with Gasteiger partial charge in [-0.05, 0) is 55.5 Å². The summed E-state index contributed by atoms with van der Waals surface area (Å²) in [6.07, 6.45) is 0. The fourth-order valence-corrected chi connectivity index (χ4v) is 2.26. The van der Waals surface area contributed by atoms with E-state index < -0.39 is 0 Å². The molecule has 0 bridgehead atoms. The molecule has 0 aliphatic rings. The summed E-state index contributed by atoms with van der Waals surface area (Å²) in [6, 6.07) is 18.3. The molecule has 0 saturated carbocycles. The standard InChI is InChI=1S/C19H18N4O2/c1-13-4-3-5-14(12-13)19(24)21-18-11-10-17(22-23-18)20-15-6-8-16(25-2)9-7-15/h3-12H,1-2H3,(H,20,22)(H,21,23,24). The maximum absolute atomic E-state index is 12.2. The minimum absolute atomic E-state index is 0.214. The number of benzene rings is 2. The lowest BCUT2D eigenvalue weighted by molar-refractivity contribution is 0.102. The maximum atomic E-state index is 12.2. The van der Waals surface area contributed by atoms with Crippen LogP contribution in [0, 0.1) is 6.92 Å². The van der Waals surface area contributed by atoms with E-state index in [2.05, 4.69) is 20.8 Å². The number of hydrogen-bond acceptors (Lipinski definition) is 5. The first-order valence-corrected chi connectivity index (χ1v) is 7.77. The summed E-state index contributed by atoms with van der Waals surface area (Å²) in [4.78, 5) is 12.2. The van der Waals surface area contributed by atoms with E-state index in [9.17, 15) is 4.79 Å². The number of ether oxygens (including phenoxy) is 1. The lowest BCUT2D eigenvalue weighted by atomic mass is 10.1. The summed E-state index contributed by atoms with van der Waals surface area (Å²) >= 11 is 0. The fourth-order valence-electron chi connectivity index (χ4n) is 2.26. The average Bonchev–Trinajstić information content (AvgIpc) is 2.64. The SMILES string of the molecule is COc1ccc(Nc2ccc(NC(=O)c3cccc(C)c3)nn2)cc1. The van der Waals surface area contributed by atoms with Crippen molar-refractivity contribution in [3.05, 3.63) is 71.8 Å². The number of methoxy groups -OCH3 is 1. The van der Waals surface area contributed by atoms with Crippen molar-refractivity contribution in [3.63, 3.8) is 0 Å². The van der Waals surface area contributed by atoms with Gasteiger partial charge in [-0.2, -0.15) is 0 Å². The molecule has 2 aromatic carbocycles. The summed E-state index contributed by atoms with van der Waals surface area (Å²) in [5, 5.41) is 14.0. The Morgan fingerprint density at radius 1 is 0.960 bits per heavy atom. The van der Waals surface area contributed by atoms with Crippen molar-refractivity contribution < 1.29 is 9.53 Å². The molecule has 0 radical (unpaired) electrons. The van der Waals surface area contributed by atoms with Crippen LogP contribution in [0.15, 0.2) is 60.7 Å². The second kappa shape index (κ2) is 7.44. The Balaban J connectivity index is 1.64. The van der Waals surface area contributed by atoms with Crippen LogP contribution in [0.5, 0.6) is 5.75 Å². The van der Waals surface area contributed by atoms with Crippen LogP contribution in [0.2, 0.25) is 0 Å². The van der Waals surface area contributed by atoms with Gasteiger partial charge >= 0.3 is 0 Å². The molecular formula is C19H18N4O2. The van der Waals surface area contributed by atoms with Crippen molar-refractivity contribution in [1.82, 2.24) is 10.2 Å². The summed E-state index contributed by atoms with van der Waals surface area (Å²) in [5.74, 6) is 1.55. The Labute approximate surface area is 145 Å². The second-order valence-corrected chi connectivity index (χ2v) is 5.48. The first-order valence-electron chi connectivity index (χ1n) is 7.77. The number of aryl methyl sites for hydroxylation is 1. The molecule has 126 valence electrons. The molecule has 3 rings (SSSR count). The molecule has 1 aromatic heterocycles. The second-order valence-electron chi connectivity index (χ2n) is 5.48. The highest BCUT2D eigenvalue weighted by atomic mass is 16.5. The van der Waals surface area contributed by atoms with Crippen molar-refractivity contribution in [2.24, 2.45) is 0 Å². The summed E-state index contributed by atoms with van der Waals surface area (Å²) in [5.41, 5.74) is 2.48. The van der Waals surface area contributed by atoms with E-state index in [4.69, 9.17) is 4.74 Å². The van der Waals surface area contributed by atoms with Gasteiger partial charge in [0.1, 0.15) is 5.75 Å². The predicted octanol–water partition coefficient (Wildman–Crippen LogP) is 3.79. The molecule has 25 heavy (non-hydrogen) atoms. The van der Waals surface area contributed by atoms with E-state index in [1.165, 1.54) is 0 Å². The Kier molecular flexibility index (Phi) is 4.89. The lowest BCUT2D eigenvalue weighted by Gasteiger charge is -2.08. The maximum Gasteiger partial charge on any atom is 0.256 e. The van der Waals surface area contributed by atoms with E-state index in [1.54, 1.807) is 25.3 Å². The molecule has 0 fully saturated rings. The summed E-state index contributed by atoms with van der Waals surface area (Å²) in [7, 11) is 1.62. The van der Waals surface area contributed by atoms with Crippen LogP contribution in [-0.2, 0) is 0 Å². The minimum Gasteiger partial charge on any atom is -0.497 e. The predicted molar refractivity (Wildman–Crippen MR) is 97.4 cm³/mol. The highest BCUT2D eigenvalue weighted by Gasteiger charge is 2.07. The first kappa shape index (κ1) is 16.4. The minimum atomic E-state index is -0.214. The van der Waals surface area contributed by atoms with E-state index >= 15 is 0 Å². The number of nitrogens with zero attached hydrogens (tertiary/aromatic N) is 2. The largest absolute Gasteiger partial charge is 0.497 e. The molecule has 0 atom stereocenters. The van der Waals surface area contributed by atoms with E-state index in [-0.39, 0.29) is 5.91 Å². The van der Waals surface area contributed by atoms with Gasteiger partial charge in [-0.15, -0.1) is 10.2 Å². The monoisotopic (exact) mass is 334 g/mol. The van der Waals surface area contributed by atoms with Crippen LogP contribution in [0.25, 0.3) is 0 Å². The van der Waals surface area contributed by atoms with E-state index in [1.807, 2.05) is 49.4 Å². The molecule has 0 aliphatic heterocycles. The number of amides is 1. The first-order chi connectivity index (χ1) is 12.1. The zero-order chi connectivity index (χ0) is 17.6. The summed E-state index contributed by atoms with van der Waals surface area (Å²) < 4.78 is 5.12. The molecule has 1 amide bonds. The van der Waals surface area contributed by atoms with E-state index in [0.717, 1.165) is 17.0 Å². The van der Waals surface area contributed by atoms with Crippen molar-refractivity contribution >= 4 is 23.2 Å². The smallest absolute Gasteiger partial charge is 0.256 e. The molecule has 0 unspecified atom stereocenters. The molecule has 2 N–H and O–H groups in total. The van der Waals surface area contributed by atoms with Crippen LogP contribution in [0.1, 0.15) is 15.9 Å². The molecule has 0 saturated heterocycles. The number of carbonyl (C=O) groups is 1. The van der Waals surface area contributed by atoms with Crippen LogP contribution < -0.4 is 15.4 Å². The van der Waals surface area contributed by atoms with Crippen LogP contribution in [-0.4, -0.2) is 23.2 Å². The van der Waals surface area contributed by atoms with Crippen molar-refractivity contribution in [3.8, 4) is 5.75 Å².